The molecule has 1 amide bonds. The highest BCUT2D eigenvalue weighted by atomic mass is 16.1. The van der Waals surface area contributed by atoms with Gasteiger partial charge in [-0.25, -0.2) is 4.98 Å². The Morgan fingerprint density at radius 2 is 2.09 bits per heavy atom. The van der Waals surface area contributed by atoms with Gasteiger partial charge >= 0.3 is 0 Å². The number of nitrogens with one attached hydrogen (secondary N) is 2. The fraction of sp³-hybridized carbons (Fsp3) is 0.250. The lowest BCUT2D eigenvalue weighted by Crippen LogP contribution is -2.32. The summed E-state index contributed by atoms with van der Waals surface area (Å²) in [6, 6.07) is 5.86. The molecule has 0 bridgehead atoms. The number of anilines is 1. The number of imidazole rings is 1. The monoisotopic (exact) mass is 293 g/mol. The number of aromatic nitrogens is 4. The number of fused-ring (bicyclic) bond motifs is 2. The third kappa shape index (κ3) is 1.95. The maximum absolute atomic E-state index is 11.8. The van der Waals surface area contributed by atoms with Crippen molar-refractivity contribution in [1.29, 1.82) is 0 Å². The first-order valence-corrected chi connectivity index (χ1v) is 7.14. The van der Waals surface area contributed by atoms with Crippen LogP contribution in [0.25, 0.3) is 22.4 Å². The minimum Gasteiger partial charge on any atom is -0.338 e. The predicted molar refractivity (Wildman–Crippen MR) is 83.4 cm³/mol. The summed E-state index contributed by atoms with van der Waals surface area (Å²) in [6.07, 6.45) is 3.79. The van der Waals surface area contributed by atoms with Crippen LogP contribution in [0.2, 0.25) is 0 Å². The van der Waals surface area contributed by atoms with Crippen LogP contribution in [-0.4, -0.2) is 26.1 Å². The Labute approximate surface area is 127 Å². The highest BCUT2D eigenvalue weighted by Gasteiger charge is 2.32. The van der Waals surface area contributed by atoms with Crippen LogP contribution in [0.15, 0.2) is 30.6 Å². The van der Waals surface area contributed by atoms with Gasteiger partial charge in [0.15, 0.2) is 0 Å². The van der Waals surface area contributed by atoms with Gasteiger partial charge < -0.3 is 10.3 Å². The molecule has 0 saturated carbocycles. The number of rotatable bonds is 1. The van der Waals surface area contributed by atoms with Gasteiger partial charge in [0.1, 0.15) is 5.82 Å². The van der Waals surface area contributed by atoms with Crippen molar-refractivity contribution >= 4 is 22.6 Å². The van der Waals surface area contributed by atoms with Crippen LogP contribution in [0.1, 0.15) is 25.8 Å². The lowest BCUT2D eigenvalue weighted by Gasteiger charge is -2.31. The Hall–Kier alpha value is -2.76. The fourth-order valence-electron chi connectivity index (χ4n) is 2.98. The molecule has 2 N–H and O–H groups in total. The largest absolute Gasteiger partial charge is 0.338 e. The lowest BCUT2D eigenvalue weighted by atomic mass is 9.78. The van der Waals surface area contributed by atoms with Crippen molar-refractivity contribution in [2.75, 3.05) is 5.32 Å². The standard InChI is InChI=1S/C16H15N5O/c1-16(2)7-14(22)19-11-6-13-12(5-10(11)16)20-15(21-13)9-3-4-17-18-8-9/h3-6,8H,7H2,1-2H3,(H,19,22)(H,20,21). The summed E-state index contributed by atoms with van der Waals surface area (Å²) < 4.78 is 0. The molecule has 6 nitrogen and oxygen atoms in total. The van der Waals surface area contributed by atoms with E-state index in [2.05, 4.69) is 45.4 Å². The molecule has 0 saturated heterocycles. The average Bonchev–Trinajstić information content (AvgIpc) is 2.88. The minimum atomic E-state index is -0.185. The summed E-state index contributed by atoms with van der Waals surface area (Å²) in [5.41, 5.74) is 4.45. The van der Waals surface area contributed by atoms with Gasteiger partial charge in [0.25, 0.3) is 0 Å². The number of carbonyl (C=O) groups excluding carboxylic acids is 1. The zero-order chi connectivity index (χ0) is 15.3. The molecule has 0 spiro atoms. The van der Waals surface area contributed by atoms with Crippen molar-refractivity contribution in [3.8, 4) is 11.4 Å². The van der Waals surface area contributed by atoms with Crippen molar-refractivity contribution in [1.82, 2.24) is 20.2 Å². The van der Waals surface area contributed by atoms with Crippen LogP contribution >= 0.6 is 0 Å². The normalized spacial score (nSPS) is 16.4. The predicted octanol–water partition coefficient (Wildman–Crippen LogP) is 2.64. The van der Waals surface area contributed by atoms with Crippen LogP contribution < -0.4 is 5.32 Å². The number of hydrogen-bond acceptors (Lipinski definition) is 4. The van der Waals surface area contributed by atoms with E-state index < -0.39 is 0 Å². The van der Waals surface area contributed by atoms with E-state index in [1.54, 1.807) is 12.4 Å². The molecule has 0 aliphatic carbocycles. The second-order valence-electron chi connectivity index (χ2n) is 6.24. The molecule has 1 aliphatic rings. The van der Waals surface area contributed by atoms with Crippen LogP contribution in [0, 0.1) is 0 Å². The van der Waals surface area contributed by atoms with E-state index in [4.69, 9.17) is 0 Å². The van der Waals surface area contributed by atoms with Crippen LogP contribution in [0.5, 0.6) is 0 Å². The van der Waals surface area contributed by atoms with Gasteiger partial charge in [-0.15, -0.1) is 0 Å². The molecule has 6 heteroatoms. The molecule has 0 atom stereocenters. The molecule has 3 heterocycles. The van der Waals surface area contributed by atoms with E-state index in [9.17, 15) is 4.79 Å². The summed E-state index contributed by atoms with van der Waals surface area (Å²) in [4.78, 5) is 19.8. The lowest BCUT2D eigenvalue weighted by molar-refractivity contribution is -0.117. The first kappa shape index (κ1) is 12.9. The van der Waals surface area contributed by atoms with Crippen LogP contribution in [0.3, 0.4) is 0 Å². The molecule has 4 rings (SSSR count). The highest BCUT2D eigenvalue weighted by Crippen LogP contribution is 2.39. The van der Waals surface area contributed by atoms with Gasteiger partial charge in [-0.05, 0) is 23.8 Å². The van der Waals surface area contributed by atoms with Crippen LogP contribution in [0.4, 0.5) is 5.69 Å². The molecular weight excluding hydrogens is 278 g/mol. The first-order chi connectivity index (χ1) is 10.5. The van der Waals surface area contributed by atoms with E-state index in [0.29, 0.717) is 6.42 Å². The average molecular weight is 293 g/mol. The summed E-state index contributed by atoms with van der Waals surface area (Å²) in [5, 5.41) is 10.6. The van der Waals surface area contributed by atoms with Gasteiger partial charge in [0.05, 0.1) is 23.4 Å². The van der Waals surface area contributed by atoms with Gasteiger partial charge in [0.2, 0.25) is 5.91 Å². The van der Waals surface area contributed by atoms with Crippen molar-refractivity contribution in [2.45, 2.75) is 25.7 Å². The van der Waals surface area contributed by atoms with E-state index in [-0.39, 0.29) is 11.3 Å². The van der Waals surface area contributed by atoms with Gasteiger partial charge in [-0.3, -0.25) is 4.79 Å². The minimum absolute atomic E-state index is 0.0472. The summed E-state index contributed by atoms with van der Waals surface area (Å²) in [7, 11) is 0. The van der Waals surface area contributed by atoms with E-state index in [1.165, 1.54) is 0 Å². The van der Waals surface area contributed by atoms with Crippen molar-refractivity contribution in [2.24, 2.45) is 0 Å². The molecule has 2 aromatic heterocycles. The van der Waals surface area contributed by atoms with E-state index >= 15 is 0 Å². The molecular formula is C16H15N5O. The summed E-state index contributed by atoms with van der Waals surface area (Å²) >= 11 is 0. The Balaban J connectivity index is 1.90. The Bertz CT molecular complexity index is 882. The third-order valence-corrected chi connectivity index (χ3v) is 4.08. The topological polar surface area (TPSA) is 83.6 Å². The highest BCUT2D eigenvalue weighted by molar-refractivity contribution is 5.98. The number of carbonyl (C=O) groups is 1. The van der Waals surface area contributed by atoms with E-state index in [1.807, 2.05) is 12.1 Å². The fourth-order valence-corrected chi connectivity index (χ4v) is 2.98. The second kappa shape index (κ2) is 4.37. The van der Waals surface area contributed by atoms with Gasteiger partial charge in [-0.1, -0.05) is 13.8 Å². The number of benzene rings is 1. The molecule has 22 heavy (non-hydrogen) atoms. The van der Waals surface area contributed by atoms with E-state index in [0.717, 1.165) is 33.7 Å². The molecule has 1 aromatic carbocycles. The van der Waals surface area contributed by atoms with Crippen molar-refractivity contribution in [3.05, 3.63) is 36.2 Å². The van der Waals surface area contributed by atoms with Gasteiger partial charge in [-0.2, -0.15) is 10.2 Å². The Morgan fingerprint density at radius 3 is 2.86 bits per heavy atom. The smallest absolute Gasteiger partial charge is 0.225 e. The molecule has 0 radical (unpaired) electrons. The Kier molecular flexibility index (Phi) is 2.57. The quantitative estimate of drug-likeness (QED) is 0.722. The zero-order valence-electron chi connectivity index (χ0n) is 12.3. The first-order valence-electron chi connectivity index (χ1n) is 7.14. The maximum Gasteiger partial charge on any atom is 0.225 e. The molecule has 0 fully saturated rings. The number of nitrogens with zero attached hydrogens (tertiary/aromatic N) is 3. The summed E-state index contributed by atoms with van der Waals surface area (Å²) in [5.74, 6) is 0.794. The molecule has 0 unspecified atom stereocenters. The Morgan fingerprint density at radius 1 is 1.23 bits per heavy atom. The third-order valence-electron chi connectivity index (χ3n) is 4.08. The van der Waals surface area contributed by atoms with Crippen molar-refractivity contribution < 1.29 is 4.79 Å². The molecule has 1 aliphatic heterocycles. The zero-order valence-corrected chi connectivity index (χ0v) is 12.3. The summed E-state index contributed by atoms with van der Waals surface area (Å²) in [6.45, 7) is 4.17. The molecule has 3 aromatic rings. The second-order valence-corrected chi connectivity index (χ2v) is 6.24. The maximum atomic E-state index is 11.8. The van der Waals surface area contributed by atoms with Gasteiger partial charge in [0, 0.05) is 23.1 Å². The SMILES string of the molecule is CC1(C)CC(=O)Nc2cc3nc(-c4ccnnc4)[nH]c3cc21. The number of H-pyrrole nitrogens is 1. The number of amides is 1. The van der Waals surface area contributed by atoms with Crippen LogP contribution in [-0.2, 0) is 10.2 Å². The molecule has 110 valence electrons. The number of aromatic amines is 1. The number of hydrogen-bond donors (Lipinski definition) is 2. The van der Waals surface area contributed by atoms with Crippen molar-refractivity contribution in [3.63, 3.8) is 0 Å².